The fourth-order valence-electron chi connectivity index (χ4n) is 3.82. The van der Waals surface area contributed by atoms with Crippen LogP contribution >= 0.6 is 0 Å². The average molecular weight is 339 g/mol. The molecule has 6 heteroatoms. The zero-order valence-electron chi connectivity index (χ0n) is 13.8. The molecule has 1 aromatic carbocycles. The largest absolute Gasteiger partial charge is 0.497 e. The van der Waals surface area contributed by atoms with E-state index in [-0.39, 0.29) is 5.92 Å². The molecule has 0 radical (unpaired) electrons. The zero-order chi connectivity index (χ0) is 16.5. The molecule has 0 aromatic heterocycles. The van der Waals surface area contributed by atoms with Crippen molar-refractivity contribution in [1.29, 1.82) is 0 Å². The Balaban J connectivity index is 1.67. The van der Waals surface area contributed by atoms with Crippen molar-refractivity contribution in [2.45, 2.75) is 24.6 Å². The van der Waals surface area contributed by atoms with Crippen LogP contribution in [0.1, 0.15) is 18.9 Å². The van der Waals surface area contributed by atoms with E-state index in [9.17, 15) is 8.42 Å². The van der Waals surface area contributed by atoms with E-state index in [1.807, 2.05) is 31.2 Å². The Kier molecular flexibility index (Phi) is 4.67. The van der Waals surface area contributed by atoms with Gasteiger partial charge in [-0.15, -0.1) is 0 Å². The molecular weight excluding hydrogens is 314 g/mol. The van der Waals surface area contributed by atoms with E-state index in [1.54, 1.807) is 7.11 Å². The summed E-state index contributed by atoms with van der Waals surface area (Å²) in [6.07, 6.45) is 0.731. The molecule has 2 saturated heterocycles. The Hall–Kier alpha value is -1.11. The second-order valence-corrected chi connectivity index (χ2v) is 8.98. The van der Waals surface area contributed by atoms with Crippen molar-refractivity contribution in [3.8, 4) is 5.75 Å². The second-order valence-electron chi connectivity index (χ2n) is 6.53. The lowest BCUT2D eigenvalue weighted by molar-refractivity contribution is 0.0292. The number of hydrogen-bond donors (Lipinski definition) is 0. The third-order valence-corrected chi connectivity index (χ3v) is 7.75. The molecule has 3 rings (SSSR count). The van der Waals surface area contributed by atoms with Gasteiger partial charge in [-0.1, -0.05) is 12.1 Å². The summed E-state index contributed by atoms with van der Waals surface area (Å²) >= 11 is 0. The van der Waals surface area contributed by atoms with Gasteiger partial charge in [-0.3, -0.25) is 4.90 Å². The van der Waals surface area contributed by atoms with E-state index in [2.05, 4.69) is 4.90 Å². The lowest BCUT2D eigenvalue weighted by atomic mass is 9.83. The lowest BCUT2D eigenvalue weighted by Gasteiger charge is -2.50. The van der Waals surface area contributed by atoms with Gasteiger partial charge in [0.05, 0.1) is 19.5 Å². The Morgan fingerprint density at radius 3 is 2.83 bits per heavy atom. The van der Waals surface area contributed by atoms with Crippen LogP contribution in [-0.4, -0.2) is 57.2 Å². The summed E-state index contributed by atoms with van der Waals surface area (Å²) < 4.78 is 35.3. The van der Waals surface area contributed by atoms with Crippen molar-refractivity contribution >= 4 is 9.84 Å². The number of likely N-dealkylation sites (tertiary alicyclic amines) is 1. The molecule has 0 bridgehead atoms. The minimum atomic E-state index is -3.01. The van der Waals surface area contributed by atoms with Gasteiger partial charge in [-0.25, -0.2) is 8.42 Å². The van der Waals surface area contributed by atoms with E-state index in [4.69, 9.17) is 9.47 Å². The van der Waals surface area contributed by atoms with Crippen LogP contribution in [0.5, 0.6) is 5.75 Å². The Morgan fingerprint density at radius 2 is 2.13 bits per heavy atom. The van der Waals surface area contributed by atoms with Crippen molar-refractivity contribution in [3.05, 3.63) is 29.8 Å². The maximum atomic E-state index is 12.5. The SMILES string of the molecule is CCOC[C@H]1CCS(=O)(=O)C12CN(Cc1cccc(OC)c1)C2. The molecule has 0 aliphatic carbocycles. The smallest absolute Gasteiger partial charge is 0.158 e. The fraction of sp³-hybridized carbons (Fsp3) is 0.647. The maximum Gasteiger partial charge on any atom is 0.158 e. The minimum absolute atomic E-state index is 0.133. The van der Waals surface area contributed by atoms with Gasteiger partial charge < -0.3 is 9.47 Å². The molecule has 2 fully saturated rings. The quantitative estimate of drug-likeness (QED) is 0.790. The number of hydrogen-bond acceptors (Lipinski definition) is 5. The van der Waals surface area contributed by atoms with Crippen molar-refractivity contribution in [2.24, 2.45) is 5.92 Å². The highest BCUT2D eigenvalue weighted by atomic mass is 32.2. The lowest BCUT2D eigenvalue weighted by Crippen LogP contribution is -2.67. The van der Waals surface area contributed by atoms with Crippen LogP contribution in [-0.2, 0) is 21.1 Å². The first kappa shape index (κ1) is 16.7. The van der Waals surface area contributed by atoms with Gasteiger partial charge in [0.15, 0.2) is 9.84 Å². The van der Waals surface area contributed by atoms with E-state index in [1.165, 1.54) is 0 Å². The van der Waals surface area contributed by atoms with Crippen molar-refractivity contribution in [1.82, 2.24) is 4.90 Å². The van der Waals surface area contributed by atoms with Gasteiger partial charge in [0.2, 0.25) is 0 Å². The van der Waals surface area contributed by atoms with E-state index in [0.717, 1.165) is 24.3 Å². The first-order valence-electron chi connectivity index (χ1n) is 8.16. The Morgan fingerprint density at radius 1 is 1.35 bits per heavy atom. The molecule has 0 amide bonds. The third kappa shape index (κ3) is 2.99. The molecule has 2 heterocycles. The van der Waals surface area contributed by atoms with Gasteiger partial charge in [-0.2, -0.15) is 0 Å². The third-order valence-electron chi connectivity index (χ3n) is 5.14. The molecular formula is C17H25NO4S. The summed E-state index contributed by atoms with van der Waals surface area (Å²) in [5, 5.41) is 0. The van der Waals surface area contributed by atoms with Gasteiger partial charge in [0.25, 0.3) is 0 Å². The summed E-state index contributed by atoms with van der Waals surface area (Å²) in [5.41, 5.74) is 1.15. The molecule has 2 aliphatic rings. The van der Waals surface area contributed by atoms with Crippen LogP contribution in [0, 0.1) is 5.92 Å². The topological polar surface area (TPSA) is 55.8 Å². The molecule has 23 heavy (non-hydrogen) atoms. The number of benzene rings is 1. The summed E-state index contributed by atoms with van der Waals surface area (Å²) in [6, 6.07) is 7.94. The van der Waals surface area contributed by atoms with Crippen LogP contribution in [0.2, 0.25) is 0 Å². The van der Waals surface area contributed by atoms with Crippen molar-refractivity contribution in [3.63, 3.8) is 0 Å². The molecule has 128 valence electrons. The van der Waals surface area contributed by atoms with E-state index < -0.39 is 14.6 Å². The summed E-state index contributed by atoms with van der Waals surface area (Å²) in [7, 11) is -1.36. The number of methoxy groups -OCH3 is 1. The molecule has 5 nitrogen and oxygen atoms in total. The van der Waals surface area contributed by atoms with E-state index >= 15 is 0 Å². The Labute approximate surface area is 138 Å². The monoisotopic (exact) mass is 339 g/mol. The first-order valence-corrected chi connectivity index (χ1v) is 9.81. The molecule has 1 spiro atoms. The molecule has 2 aliphatic heterocycles. The number of sulfone groups is 1. The van der Waals surface area contributed by atoms with Gasteiger partial charge >= 0.3 is 0 Å². The minimum Gasteiger partial charge on any atom is -0.497 e. The summed E-state index contributed by atoms with van der Waals surface area (Å²) in [6.45, 7) is 5.14. The first-order chi connectivity index (χ1) is 11.0. The van der Waals surface area contributed by atoms with Crippen LogP contribution in [0.3, 0.4) is 0 Å². The van der Waals surface area contributed by atoms with Crippen LogP contribution in [0.15, 0.2) is 24.3 Å². The molecule has 0 unspecified atom stereocenters. The highest BCUT2D eigenvalue weighted by molar-refractivity contribution is 7.93. The number of ether oxygens (including phenoxy) is 2. The summed E-state index contributed by atoms with van der Waals surface area (Å²) in [5.74, 6) is 1.27. The fourth-order valence-corrected chi connectivity index (χ4v) is 6.27. The zero-order valence-corrected chi connectivity index (χ0v) is 14.6. The summed E-state index contributed by atoms with van der Waals surface area (Å²) in [4.78, 5) is 2.20. The van der Waals surface area contributed by atoms with Gasteiger partial charge in [-0.05, 0) is 31.0 Å². The highest BCUT2D eigenvalue weighted by Gasteiger charge is 2.61. The average Bonchev–Trinajstić information content (AvgIpc) is 2.76. The molecule has 1 atom stereocenters. The predicted molar refractivity (Wildman–Crippen MR) is 89.4 cm³/mol. The Bertz CT molecular complexity index is 652. The second kappa shape index (κ2) is 6.42. The van der Waals surface area contributed by atoms with Crippen molar-refractivity contribution < 1.29 is 17.9 Å². The predicted octanol–water partition coefficient (Wildman–Crippen LogP) is 1.72. The van der Waals surface area contributed by atoms with Crippen LogP contribution in [0.4, 0.5) is 0 Å². The normalized spacial score (nSPS) is 25.4. The standard InChI is InChI=1S/C17H25NO4S/c1-3-22-11-15-7-8-23(19,20)17(15)12-18(13-17)10-14-5-4-6-16(9-14)21-2/h4-6,9,15H,3,7-8,10-13H2,1-2H3/t15-/m1/s1. The molecule has 1 aromatic rings. The molecule has 0 saturated carbocycles. The van der Waals surface area contributed by atoms with Crippen molar-refractivity contribution in [2.75, 3.05) is 39.2 Å². The molecule has 0 N–H and O–H groups in total. The van der Waals surface area contributed by atoms with Crippen LogP contribution in [0.25, 0.3) is 0 Å². The maximum absolute atomic E-state index is 12.5. The van der Waals surface area contributed by atoms with Gasteiger partial charge in [0.1, 0.15) is 10.5 Å². The number of rotatable bonds is 6. The van der Waals surface area contributed by atoms with E-state index in [0.29, 0.717) is 32.1 Å². The van der Waals surface area contributed by atoms with Gasteiger partial charge in [0, 0.05) is 32.2 Å². The number of nitrogens with zero attached hydrogens (tertiary/aromatic N) is 1. The highest BCUT2D eigenvalue weighted by Crippen LogP contribution is 2.45. The van der Waals surface area contributed by atoms with Crippen LogP contribution < -0.4 is 4.74 Å².